The predicted octanol–water partition coefficient (Wildman–Crippen LogP) is 2.86. The number of benzene rings is 2. The number of aromatic nitrogens is 1. The molecule has 3 aromatic rings. The topological polar surface area (TPSA) is 62.5 Å². The standard InChI is InChI=1S/C19H20F2N2O3S/c20-14-5-3-7-16-18(14)19-15(21)6-4-8-17(19)23(16)12-13(24)11-22-9-1-2-10-27(22,25)26/h3-8,13,24H,1-2,9-12H2. The molecule has 1 N–H and O–H groups in total. The number of sulfonamides is 1. The van der Waals surface area contributed by atoms with Crippen LogP contribution in [0.1, 0.15) is 12.8 Å². The third-order valence-corrected chi connectivity index (χ3v) is 7.00. The van der Waals surface area contributed by atoms with E-state index < -0.39 is 27.8 Å². The van der Waals surface area contributed by atoms with Crippen LogP contribution in [0.3, 0.4) is 0 Å². The summed E-state index contributed by atoms with van der Waals surface area (Å²) in [5.41, 5.74) is 0.936. The molecule has 0 amide bonds. The number of nitrogens with zero attached hydrogens (tertiary/aromatic N) is 2. The molecule has 0 bridgehead atoms. The molecular weight excluding hydrogens is 374 g/mol. The van der Waals surface area contributed by atoms with Gasteiger partial charge in [-0.3, -0.25) is 0 Å². The predicted molar refractivity (Wildman–Crippen MR) is 100.0 cm³/mol. The lowest BCUT2D eigenvalue weighted by Gasteiger charge is -2.28. The van der Waals surface area contributed by atoms with Gasteiger partial charge in [0.1, 0.15) is 11.6 Å². The largest absolute Gasteiger partial charge is 0.390 e. The normalized spacial score (nSPS) is 18.9. The van der Waals surface area contributed by atoms with Crippen molar-refractivity contribution in [3.8, 4) is 0 Å². The second-order valence-corrected chi connectivity index (χ2v) is 9.00. The van der Waals surface area contributed by atoms with Crippen LogP contribution in [0.4, 0.5) is 8.78 Å². The maximum absolute atomic E-state index is 14.4. The highest BCUT2D eigenvalue weighted by atomic mass is 32.2. The van der Waals surface area contributed by atoms with Crippen molar-refractivity contribution in [3.63, 3.8) is 0 Å². The van der Waals surface area contributed by atoms with Gasteiger partial charge in [0.15, 0.2) is 0 Å². The SMILES string of the molecule is O=S1(=O)CCCCN1CC(O)Cn1c2cccc(F)c2c2c(F)cccc21. The van der Waals surface area contributed by atoms with Crippen LogP contribution in [0.2, 0.25) is 0 Å². The Bertz CT molecular complexity index is 1050. The molecule has 0 saturated carbocycles. The summed E-state index contributed by atoms with van der Waals surface area (Å²) in [6, 6.07) is 8.95. The van der Waals surface area contributed by atoms with Crippen molar-refractivity contribution in [2.45, 2.75) is 25.5 Å². The highest BCUT2D eigenvalue weighted by Crippen LogP contribution is 2.33. The smallest absolute Gasteiger partial charge is 0.214 e. The Kier molecular flexibility index (Phi) is 4.65. The number of aliphatic hydroxyl groups excluding tert-OH is 1. The molecule has 144 valence electrons. The molecule has 1 fully saturated rings. The molecule has 0 spiro atoms. The van der Waals surface area contributed by atoms with Gasteiger partial charge in [0.2, 0.25) is 10.0 Å². The third kappa shape index (κ3) is 3.22. The van der Waals surface area contributed by atoms with Crippen LogP contribution in [-0.4, -0.2) is 47.3 Å². The first-order valence-electron chi connectivity index (χ1n) is 8.89. The van der Waals surface area contributed by atoms with Crippen molar-refractivity contribution in [2.75, 3.05) is 18.8 Å². The Morgan fingerprint density at radius 1 is 0.963 bits per heavy atom. The monoisotopic (exact) mass is 394 g/mol. The summed E-state index contributed by atoms with van der Waals surface area (Å²) in [6.07, 6.45) is 0.390. The first-order chi connectivity index (χ1) is 12.9. The van der Waals surface area contributed by atoms with Crippen LogP contribution < -0.4 is 0 Å². The molecule has 2 heterocycles. The minimum Gasteiger partial charge on any atom is -0.390 e. The van der Waals surface area contributed by atoms with Gasteiger partial charge in [0.05, 0.1) is 29.4 Å². The van der Waals surface area contributed by atoms with Gasteiger partial charge in [-0.25, -0.2) is 17.2 Å². The summed E-state index contributed by atoms with van der Waals surface area (Å²) in [7, 11) is -3.35. The van der Waals surface area contributed by atoms with E-state index in [0.29, 0.717) is 24.0 Å². The van der Waals surface area contributed by atoms with E-state index in [1.807, 2.05) is 0 Å². The van der Waals surface area contributed by atoms with E-state index in [9.17, 15) is 22.3 Å². The molecule has 1 atom stereocenters. The lowest BCUT2D eigenvalue weighted by atomic mass is 10.1. The lowest BCUT2D eigenvalue weighted by Crippen LogP contribution is -2.43. The fourth-order valence-corrected chi connectivity index (χ4v) is 5.48. The quantitative estimate of drug-likeness (QED) is 0.740. The Morgan fingerprint density at radius 2 is 1.56 bits per heavy atom. The summed E-state index contributed by atoms with van der Waals surface area (Å²) in [5.74, 6) is -0.977. The Hall–Kier alpha value is -2.03. The highest BCUT2D eigenvalue weighted by molar-refractivity contribution is 7.89. The van der Waals surface area contributed by atoms with Gasteiger partial charge in [-0.05, 0) is 37.1 Å². The minimum atomic E-state index is -3.35. The van der Waals surface area contributed by atoms with Crippen LogP contribution in [0.15, 0.2) is 36.4 Å². The molecule has 1 unspecified atom stereocenters. The van der Waals surface area contributed by atoms with E-state index in [0.717, 1.165) is 6.42 Å². The van der Waals surface area contributed by atoms with Crippen molar-refractivity contribution in [3.05, 3.63) is 48.0 Å². The van der Waals surface area contributed by atoms with E-state index in [2.05, 4.69) is 0 Å². The first kappa shape index (κ1) is 18.3. The molecule has 2 aromatic carbocycles. The molecule has 8 heteroatoms. The molecule has 0 aliphatic carbocycles. The summed E-state index contributed by atoms with van der Waals surface area (Å²) in [4.78, 5) is 0. The Morgan fingerprint density at radius 3 is 2.11 bits per heavy atom. The van der Waals surface area contributed by atoms with Crippen LogP contribution in [-0.2, 0) is 16.6 Å². The Balaban J connectivity index is 1.73. The molecule has 4 rings (SSSR count). The lowest BCUT2D eigenvalue weighted by molar-refractivity contribution is 0.128. The van der Waals surface area contributed by atoms with Crippen LogP contribution in [0.25, 0.3) is 21.8 Å². The van der Waals surface area contributed by atoms with E-state index in [4.69, 9.17) is 0 Å². The molecule has 1 saturated heterocycles. The van der Waals surface area contributed by atoms with E-state index in [-0.39, 0.29) is 29.6 Å². The van der Waals surface area contributed by atoms with Gasteiger partial charge >= 0.3 is 0 Å². The number of hydrogen-bond acceptors (Lipinski definition) is 3. The van der Waals surface area contributed by atoms with Gasteiger partial charge in [-0.1, -0.05) is 12.1 Å². The average molecular weight is 394 g/mol. The number of aliphatic hydroxyl groups is 1. The molecule has 1 aliphatic heterocycles. The van der Waals surface area contributed by atoms with Gasteiger partial charge < -0.3 is 9.67 Å². The van der Waals surface area contributed by atoms with E-state index >= 15 is 0 Å². The zero-order valence-electron chi connectivity index (χ0n) is 14.6. The molecular formula is C19H20F2N2O3S. The van der Waals surface area contributed by atoms with Gasteiger partial charge in [0, 0.05) is 23.9 Å². The first-order valence-corrected chi connectivity index (χ1v) is 10.5. The fourth-order valence-electron chi connectivity index (χ4n) is 3.85. The van der Waals surface area contributed by atoms with Gasteiger partial charge in [-0.2, -0.15) is 4.31 Å². The number of fused-ring (bicyclic) bond motifs is 3. The number of hydrogen-bond donors (Lipinski definition) is 1. The second kappa shape index (κ2) is 6.85. The summed E-state index contributed by atoms with van der Waals surface area (Å²) in [6.45, 7) is 0.392. The van der Waals surface area contributed by atoms with Crippen LogP contribution in [0, 0.1) is 11.6 Å². The van der Waals surface area contributed by atoms with Crippen molar-refractivity contribution in [1.29, 1.82) is 0 Å². The van der Waals surface area contributed by atoms with E-state index in [1.165, 1.54) is 28.6 Å². The molecule has 5 nitrogen and oxygen atoms in total. The van der Waals surface area contributed by atoms with E-state index in [1.54, 1.807) is 16.7 Å². The summed E-state index contributed by atoms with van der Waals surface area (Å²) in [5, 5.41) is 10.9. The molecule has 1 aromatic heterocycles. The van der Waals surface area contributed by atoms with Crippen LogP contribution >= 0.6 is 0 Å². The van der Waals surface area contributed by atoms with Crippen molar-refractivity contribution >= 4 is 31.8 Å². The number of β-amino-alcohol motifs (C(OH)–C–C–N with tert-alkyl or cyclic N) is 1. The van der Waals surface area contributed by atoms with Gasteiger partial charge in [0.25, 0.3) is 0 Å². The minimum absolute atomic E-state index is 0.0336. The summed E-state index contributed by atoms with van der Waals surface area (Å²) >= 11 is 0. The number of halogens is 2. The molecule has 1 aliphatic rings. The van der Waals surface area contributed by atoms with Gasteiger partial charge in [-0.15, -0.1) is 0 Å². The molecule has 27 heavy (non-hydrogen) atoms. The highest BCUT2D eigenvalue weighted by Gasteiger charge is 2.28. The second-order valence-electron chi connectivity index (χ2n) is 6.91. The zero-order valence-corrected chi connectivity index (χ0v) is 15.4. The average Bonchev–Trinajstić information content (AvgIpc) is 2.93. The summed E-state index contributed by atoms with van der Waals surface area (Å²) < 4.78 is 56.0. The van der Waals surface area contributed by atoms with Crippen molar-refractivity contribution in [2.24, 2.45) is 0 Å². The maximum Gasteiger partial charge on any atom is 0.214 e. The third-order valence-electron chi connectivity index (χ3n) is 5.08. The fraction of sp³-hybridized carbons (Fsp3) is 0.368. The zero-order chi connectivity index (χ0) is 19.2. The van der Waals surface area contributed by atoms with Crippen molar-refractivity contribution < 1.29 is 22.3 Å². The Labute approximate surface area is 155 Å². The number of rotatable bonds is 4. The van der Waals surface area contributed by atoms with Crippen molar-refractivity contribution in [1.82, 2.24) is 8.87 Å². The molecule has 0 radical (unpaired) electrons. The van der Waals surface area contributed by atoms with Crippen LogP contribution in [0.5, 0.6) is 0 Å². The maximum atomic E-state index is 14.4.